The molecule has 0 saturated carbocycles. The average Bonchev–Trinajstić information content (AvgIpc) is 2.11. The first-order valence-corrected chi connectivity index (χ1v) is 5.69. The first-order chi connectivity index (χ1) is 7.00. The van der Waals surface area contributed by atoms with Crippen molar-refractivity contribution in [3.8, 4) is 0 Å². The highest BCUT2D eigenvalue weighted by atomic mass is 35.5. The molecule has 0 radical (unpaired) electrons. The van der Waals surface area contributed by atoms with Gasteiger partial charge in [0.15, 0.2) is 0 Å². The van der Waals surface area contributed by atoms with Crippen LogP contribution in [0.1, 0.15) is 27.2 Å². The highest BCUT2D eigenvalue weighted by Crippen LogP contribution is 2.27. The van der Waals surface area contributed by atoms with Gasteiger partial charge in [-0.3, -0.25) is 0 Å². The monoisotopic (exact) mass is 226 g/mol. The molecule has 0 fully saturated rings. The van der Waals surface area contributed by atoms with Crippen LogP contribution in [0.4, 0.5) is 11.4 Å². The summed E-state index contributed by atoms with van der Waals surface area (Å²) in [7, 11) is 0. The predicted molar refractivity (Wildman–Crippen MR) is 68.4 cm³/mol. The third-order valence-electron chi connectivity index (χ3n) is 2.28. The molecule has 0 saturated heterocycles. The van der Waals surface area contributed by atoms with Crippen molar-refractivity contribution in [1.82, 2.24) is 0 Å². The zero-order chi connectivity index (χ0) is 11.4. The van der Waals surface area contributed by atoms with Gasteiger partial charge in [0.1, 0.15) is 0 Å². The number of nitrogens with two attached hydrogens (primary N) is 1. The zero-order valence-electron chi connectivity index (χ0n) is 9.55. The van der Waals surface area contributed by atoms with E-state index in [1.807, 2.05) is 12.1 Å². The van der Waals surface area contributed by atoms with E-state index in [2.05, 4.69) is 26.1 Å². The molecule has 3 N–H and O–H groups in total. The normalized spacial score (nSPS) is 12.9. The quantitative estimate of drug-likeness (QED) is 0.768. The molecule has 0 aliphatic rings. The van der Waals surface area contributed by atoms with E-state index >= 15 is 0 Å². The SMILES string of the molecule is CC(C)CC(C)Nc1cccc(Cl)c1N. The first kappa shape index (κ1) is 12.2. The van der Waals surface area contributed by atoms with E-state index in [1.165, 1.54) is 0 Å². The summed E-state index contributed by atoms with van der Waals surface area (Å²) in [6, 6.07) is 6.07. The van der Waals surface area contributed by atoms with Gasteiger partial charge in [0, 0.05) is 6.04 Å². The Morgan fingerprint density at radius 2 is 2.00 bits per heavy atom. The van der Waals surface area contributed by atoms with Gasteiger partial charge in [0.05, 0.1) is 16.4 Å². The lowest BCUT2D eigenvalue weighted by molar-refractivity contribution is 0.540. The maximum absolute atomic E-state index is 5.94. The Bertz CT molecular complexity index is 323. The molecule has 3 heteroatoms. The smallest absolute Gasteiger partial charge is 0.0739 e. The number of hydrogen-bond donors (Lipinski definition) is 2. The van der Waals surface area contributed by atoms with Crippen molar-refractivity contribution in [2.45, 2.75) is 33.2 Å². The Balaban J connectivity index is 2.68. The molecule has 15 heavy (non-hydrogen) atoms. The minimum atomic E-state index is 0.408. The Hall–Kier alpha value is -0.890. The predicted octanol–water partition coefficient (Wildman–Crippen LogP) is 3.77. The molecule has 1 atom stereocenters. The highest BCUT2D eigenvalue weighted by Gasteiger charge is 2.08. The number of halogens is 1. The molecule has 1 aromatic carbocycles. The van der Waals surface area contributed by atoms with Crippen molar-refractivity contribution < 1.29 is 0 Å². The summed E-state index contributed by atoms with van der Waals surface area (Å²) in [5.41, 5.74) is 7.43. The van der Waals surface area contributed by atoms with Gasteiger partial charge in [-0.15, -0.1) is 0 Å². The van der Waals surface area contributed by atoms with Crippen LogP contribution in [0.2, 0.25) is 5.02 Å². The van der Waals surface area contributed by atoms with Gasteiger partial charge in [-0.1, -0.05) is 31.5 Å². The lowest BCUT2D eigenvalue weighted by atomic mass is 10.0. The minimum Gasteiger partial charge on any atom is -0.396 e. The molecule has 0 bridgehead atoms. The maximum Gasteiger partial charge on any atom is 0.0739 e. The summed E-state index contributed by atoms with van der Waals surface area (Å²) in [5.74, 6) is 0.674. The second kappa shape index (κ2) is 5.26. The standard InChI is InChI=1S/C12H19ClN2/c1-8(2)7-9(3)15-11-6-4-5-10(13)12(11)14/h4-6,8-9,15H,7,14H2,1-3H3. The maximum atomic E-state index is 5.94. The zero-order valence-corrected chi connectivity index (χ0v) is 10.3. The van der Waals surface area contributed by atoms with Crippen LogP contribution in [0.3, 0.4) is 0 Å². The van der Waals surface area contributed by atoms with Crippen molar-refractivity contribution in [2.24, 2.45) is 5.92 Å². The van der Waals surface area contributed by atoms with E-state index in [-0.39, 0.29) is 0 Å². The minimum absolute atomic E-state index is 0.408. The van der Waals surface area contributed by atoms with E-state index in [4.69, 9.17) is 17.3 Å². The van der Waals surface area contributed by atoms with Gasteiger partial charge in [0.2, 0.25) is 0 Å². The van der Waals surface area contributed by atoms with Crippen LogP contribution >= 0.6 is 11.6 Å². The lowest BCUT2D eigenvalue weighted by Crippen LogP contribution is -2.18. The Labute approximate surface area is 96.8 Å². The number of rotatable bonds is 4. The summed E-state index contributed by atoms with van der Waals surface area (Å²) in [6.45, 7) is 6.57. The van der Waals surface area contributed by atoms with Gasteiger partial charge in [0.25, 0.3) is 0 Å². The van der Waals surface area contributed by atoms with Crippen LogP contribution in [0.5, 0.6) is 0 Å². The average molecular weight is 227 g/mol. The molecule has 1 rings (SSSR count). The van der Waals surface area contributed by atoms with Crippen molar-refractivity contribution in [3.05, 3.63) is 23.2 Å². The van der Waals surface area contributed by atoms with Gasteiger partial charge < -0.3 is 11.1 Å². The number of hydrogen-bond acceptors (Lipinski definition) is 2. The summed E-state index contributed by atoms with van der Waals surface area (Å²) >= 11 is 5.94. The largest absolute Gasteiger partial charge is 0.396 e. The third-order valence-corrected chi connectivity index (χ3v) is 2.61. The highest BCUT2D eigenvalue weighted by molar-refractivity contribution is 6.33. The molecule has 84 valence electrons. The Morgan fingerprint density at radius 3 is 2.60 bits per heavy atom. The van der Waals surface area contributed by atoms with Crippen LogP contribution < -0.4 is 11.1 Å². The van der Waals surface area contributed by atoms with Crippen LogP contribution in [0.25, 0.3) is 0 Å². The van der Waals surface area contributed by atoms with E-state index < -0.39 is 0 Å². The molecule has 0 aliphatic heterocycles. The number of para-hydroxylation sites is 1. The van der Waals surface area contributed by atoms with E-state index in [9.17, 15) is 0 Å². The Morgan fingerprint density at radius 1 is 1.33 bits per heavy atom. The number of nitrogen functional groups attached to an aromatic ring is 1. The van der Waals surface area contributed by atoms with E-state index in [0.717, 1.165) is 12.1 Å². The molecule has 0 spiro atoms. The molecule has 1 unspecified atom stereocenters. The molecule has 2 nitrogen and oxygen atoms in total. The second-order valence-electron chi connectivity index (χ2n) is 4.38. The van der Waals surface area contributed by atoms with Gasteiger partial charge in [-0.2, -0.15) is 0 Å². The molecule has 1 aromatic rings. The van der Waals surface area contributed by atoms with Crippen molar-refractivity contribution in [1.29, 1.82) is 0 Å². The molecule has 0 amide bonds. The van der Waals surface area contributed by atoms with Crippen LogP contribution in [-0.2, 0) is 0 Å². The molecular formula is C12H19ClN2. The fourth-order valence-electron chi connectivity index (χ4n) is 1.69. The molecule has 0 aromatic heterocycles. The van der Waals surface area contributed by atoms with Gasteiger partial charge >= 0.3 is 0 Å². The van der Waals surface area contributed by atoms with Crippen molar-refractivity contribution >= 4 is 23.0 Å². The van der Waals surface area contributed by atoms with Crippen molar-refractivity contribution in [2.75, 3.05) is 11.1 Å². The first-order valence-electron chi connectivity index (χ1n) is 5.31. The topological polar surface area (TPSA) is 38.0 Å². The lowest BCUT2D eigenvalue weighted by Gasteiger charge is -2.18. The number of anilines is 2. The fourth-order valence-corrected chi connectivity index (χ4v) is 1.87. The second-order valence-corrected chi connectivity index (χ2v) is 4.78. The van der Waals surface area contributed by atoms with E-state index in [0.29, 0.717) is 22.7 Å². The van der Waals surface area contributed by atoms with Crippen LogP contribution in [0, 0.1) is 5.92 Å². The van der Waals surface area contributed by atoms with Crippen molar-refractivity contribution in [3.63, 3.8) is 0 Å². The third kappa shape index (κ3) is 3.63. The number of nitrogens with one attached hydrogen (secondary N) is 1. The van der Waals surface area contributed by atoms with Crippen LogP contribution in [0.15, 0.2) is 18.2 Å². The molecule has 0 aliphatic carbocycles. The van der Waals surface area contributed by atoms with Crippen LogP contribution in [-0.4, -0.2) is 6.04 Å². The molecule has 0 heterocycles. The molecular weight excluding hydrogens is 208 g/mol. The summed E-state index contributed by atoms with van der Waals surface area (Å²) in [4.78, 5) is 0. The van der Waals surface area contributed by atoms with Gasteiger partial charge in [-0.25, -0.2) is 0 Å². The van der Waals surface area contributed by atoms with Gasteiger partial charge in [-0.05, 0) is 31.4 Å². The Kier molecular flexibility index (Phi) is 4.28. The fraction of sp³-hybridized carbons (Fsp3) is 0.500. The summed E-state index contributed by atoms with van der Waals surface area (Å²) < 4.78 is 0. The summed E-state index contributed by atoms with van der Waals surface area (Å²) in [5, 5.41) is 3.98. The number of benzene rings is 1. The van der Waals surface area contributed by atoms with E-state index in [1.54, 1.807) is 6.07 Å². The summed E-state index contributed by atoms with van der Waals surface area (Å²) in [6.07, 6.45) is 1.12.